The van der Waals surface area contributed by atoms with E-state index >= 15 is 0 Å². The minimum atomic E-state index is 0.247. The first-order valence-electron chi connectivity index (χ1n) is 10.5. The van der Waals surface area contributed by atoms with Gasteiger partial charge < -0.3 is 9.47 Å². The smallest absolute Gasteiger partial charge is 0.233 e. The van der Waals surface area contributed by atoms with Crippen LogP contribution in [0.3, 0.4) is 0 Å². The molecular formula is C23H34N2O2. The molecule has 0 saturated heterocycles. The number of hydrogen-bond acceptors (Lipinski definition) is 4. The zero-order valence-corrected chi connectivity index (χ0v) is 17.1. The molecule has 1 aromatic heterocycles. The number of rotatable bonds is 13. The van der Waals surface area contributed by atoms with Crippen molar-refractivity contribution < 1.29 is 9.47 Å². The molecule has 1 unspecified atom stereocenters. The van der Waals surface area contributed by atoms with Crippen LogP contribution in [0.5, 0.6) is 11.6 Å². The Hall–Kier alpha value is -2.10. The summed E-state index contributed by atoms with van der Waals surface area (Å²) in [4.78, 5) is 0. The maximum Gasteiger partial charge on any atom is 0.233 e. The van der Waals surface area contributed by atoms with Gasteiger partial charge in [-0.2, -0.15) is 0 Å². The number of benzene rings is 1. The lowest BCUT2D eigenvalue weighted by atomic mass is 10.1. The van der Waals surface area contributed by atoms with Gasteiger partial charge in [0.2, 0.25) is 5.88 Å². The van der Waals surface area contributed by atoms with Gasteiger partial charge in [0, 0.05) is 11.6 Å². The molecule has 0 spiro atoms. The molecule has 27 heavy (non-hydrogen) atoms. The molecule has 0 aliphatic rings. The van der Waals surface area contributed by atoms with Crippen LogP contribution in [0, 0.1) is 0 Å². The van der Waals surface area contributed by atoms with Crippen LogP contribution in [0.25, 0.3) is 11.3 Å². The number of aromatic nitrogens is 2. The normalized spacial score (nSPS) is 12.0. The van der Waals surface area contributed by atoms with E-state index in [0.717, 1.165) is 29.8 Å². The second kappa shape index (κ2) is 12.3. The molecule has 0 fully saturated rings. The molecule has 4 nitrogen and oxygen atoms in total. The fourth-order valence-electron chi connectivity index (χ4n) is 2.93. The number of nitrogens with zero attached hydrogens (tertiary/aromatic N) is 2. The van der Waals surface area contributed by atoms with Crippen molar-refractivity contribution in [2.45, 2.75) is 78.2 Å². The monoisotopic (exact) mass is 370 g/mol. The molecule has 0 bridgehead atoms. The third-order valence-corrected chi connectivity index (χ3v) is 4.59. The lowest BCUT2D eigenvalue weighted by Gasteiger charge is -2.15. The van der Waals surface area contributed by atoms with Crippen molar-refractivity contribution in [3.8, 4) is 22.9 Å². The van der Waals surface area contributed by atoms with Crippen molar-refractivity contribution in [2.24, 2.45) is 0 Å². The topological polar surface area (TPSA) is 44.2 Å². The molecule has 0 N–H and O–H groups in total. The summed E-state index contributed by atoms with van der Waals surface area (Å²) in [7, 11) is 0. The van der Waals surface area contributed by atoms with E-state index in [4.69, 9.17) is 9.47 Å². The Labute approximate surface area is 164 Å². The summed E-state index contributed by atoms with van der Waals surface area (Å²) in [6.07, 6.45) is 9.87. The molecule has 0 radical (unpaired) electrons. The predicted molar refractivity (Wildman–Crippen MR) is 111 cm³/mol. The average molecular weight is 371 g/mol. The lowest BCUT2D eigenvalue weighted by Crippen LogP contribution is -2.11. The van der Waals surface area contributed by atoms with Crippen molar-refractivity contribution >= 4 is 0 Å². The van der Waals surface area contributed by atoms with E-state index in [1.807, 2.05) is 36.4 Å². The Morgan fingerprint density at radius 1 is 0.815 bits per heavy atom. The van der Waals surface area contributed by atoms with E-state index in [2.05, 4.69) is 31.0 Å². The molecule has 0 saturated carbocycles. The first-order chi connectivity index (χ1) is 13.2. The quantitative estimate of drug-likeness (QED) is 0.380. The van der Waals surface area contributed by atoms with E-state index in [1.165, 1.54) is 38.5 Å². The second-order valence-electron chi connectivity index (χ2n) is 7.11. The highest BCUT2D eigenvalue weighted by atomic mass is 16.5. The van der Waals surface area contributed by atoms with Crippen molar-refractivity contribution in [3.05, 3.63) is 36.4 Å². The van der Waals surface area contributed by atoms with Gasteiger partial charge in [-0.05, 0) is 56.5 Å². The van der Waals surface area contributed by atoms with Gasteiger partial charge in [-0.3, -0.25) is 0 Å². The molecule has 2 aromatic rings. The molecule has 1 atom stereocenters. The lowest BCUT2D eigenvalue weighted by molar-refractivity contribution is 0.206. The Kier molecular flexibility index (Phi) is 9.67. The number of ether oxygens (including phenoxy) is 2. The second-order valence-corrected chi connectivity index (χ2v) is 7.11. The highest BCUT2D eigenvalue weighted by molar-refractivity contribution is 5.59. The molecule has 1 aromatic carbocycles. The van der Waals surface area contributed by atoms with Crippen LogP contribution in [-0.2, 0) is 0 Å². The molecule has 0 aliphatic carbocycles. The third kappa shape index (κ3) is 7.98. The van der Waals surface area contributed by atoms with Crippen molar-refractivity contribution in [1.82, 2.24) is 10.2 Å². The predicted octanol–water partition coefficient (Wildman–Crippen LogP) is 6.45. The van der Waals surface area contributed by atoms with Gasteiger partial charge in [-0.15, -0.1) is 10.2 Å². The summed E-state index contributed by atoms with van der Waals surface area (Å²) in [5.41, 5.74) is 1.87. The van der Waals surface area contributed by atoms with Crippen molar-refractivity contribution in [1.29, 1.82) is 0 Å². The Balaban J connectivity index is 1.82. The van der Waals surface area contributed by atoms with Gasteiger partial charge in [0.05, 0.1) is 18.4 Å². The summed E-state index contributed by atoms with van der Waals surface area (Å²) < 4.78 is 11.6. The summed E-state index contributed by atoms with van der Waals surface area (Å²) in [6.45, 7) is 7.26. The van der Waals surface area contributed by atoms with E-state index in [9.17, 15) is 0 Å². The molecule has 1 heterocycles. The Morgan fingerprint density at radius 3 is 2.22 bits per heavy atom. The maximum absolute atomic E-state index is 6.01. The van der Waals surface area contributed by atoms with E-state index < -0.39 is 0 Å². The first kappa shape index (κ1) is 21.2. The number of hydrogen-bond donors (Lipinski definition) is 0. The highest BCUT2D eigenvalue weighted by Crippen LogP contribution is 2.22. The van der Waals surface area contributed by atoms with Crippen LogP contribution in [0.2, 0.25) is 0 Å². The number of unbranched alkanes of at least 4 members (excludes halogenated alkanes) is 5. The first-order valence-corrected chi connectivity index (χ1v) is 10.5. The van der Waals surface area contributed by atoms with E-state index in [-0.39, 0.29) is 6.10 Å². The van der Waals surface area contributed by atoms with Gasteiger partial charge in [0.25, 0.3) is 0 Å². The third-order valence-electron chi connectivity index (χ3n) is 4.59. The van der Waals surface area contributed by atoms with Crippen molar-refractivity contribution in [3.63, 3.8) is 0 Å². The average Bonchev–Trinajstić information content (AvgIpc) is 2.70. The van der Waals surface area contributed by atoms with E-state index in [0.29, 0.717) is 12.5 Å². The fraction of sp³-hybridized carbons (Fsp3) is 0.565. The summed E-state index contributed by atoms with van der Waals surface area (Å²) in [5.74, 6) is 1.50. The zero-order chi connectivity index (χ0) is 19.3. The summed E-state index contributed by atoms with van der Waals surface area (Å²) in [6, 6.07) is 11.9. The summed E-state index contributed by atoms with van der Waals surface area (Å²) in [5, 5.41) is 8.45. The SMILES string of the molecule is CCCCCCC(C)Oc1ccc(-c2ccc(OCCCCC)nn2)cc1. The van der Waals surface area contributed by atoms with Crippen molar-refractivity contribution in [2.75, 3.05) is 6.61 Å². The molecule has 4 heteroatoms. The van der Waals surface area contributed by atoms with Gasteiger partial charge in [0.15, 0.2) is 0 Å². The van der Waals surface area contributed by atoms with Gasteiger partial charge in [-0.25, -0.2) is 0 Å². The van der Waals surface area contributed by atoms with Crippen LogP contribution in [0.1, 0.15) is 72.1 Å². The van der Waals surface area contributed by atoms with E-state index in [1.54, 1.807) is 0 Å². The largest absolute Gasteiger partial charge is 0.491 e. The van der Waals surface area contributed by atoms with Crippen LogP contribution in [0.4, 0.5) is 0 Å². The molecule has 0 aliphatic heterocycles. The molecule has 0 amide bonds. The summed E-state index contributed by atoms with van der Waals surface area (Å²) >= 11 is 0. The fourth-order valence-corrected chi connectivity index (χ4v) is 2.93. The maximum atomic E-state index is 6.01. The zero-order valence-electron chi connectivity index (χ0n) is 17.1. The minimum Gasteiger partial charge on any atom is -0.491 e. The molecular weight excluding hydrogens is 336 g/mol. The highest BCUT2D eigenvalue weighted by Gasteiger charge is 2.06. The van der Waals surface area contributed by atoms with Gasteiger partial charge >= 0.3 is 0 Å². The van der Waals surface area contributed by atoms with Gasteiger partial charge in [0.1, 0.15) is 5.75 Å². The van der Waals surface area contributed by atoms with Crippen LogP contribution in [0.15, 0.2) is 36.4 Å². The Bertz CT molecular complexity index is 626. The van der Waals surface area contributed by atoms with Crippen LogP contribution < -0.4 is 9.47 Å². The molecule has 148 valence electrons. The standard InChI is InChI=1S/C23H34N2O2/c1-4-6-8-9-11-19(3)27-21-14-12-20(13-15-21)22-16-17-23(25-24-22)26-18-10-7-5-2/h12-17,19H,4-11,18H2,1-3H3. The van der Waals surface area contributed by atoms with Crippen LogP contribution >= 0.6 is 0 Å². The molecule has 2 rings (SSSR count). The minimum absolute atomic E-state index is 0.247. The Morgan fingerprint density at radius 2 is 1.56 bits per heavy atom. The van der Waals surface area contributed by atoms with Crippen LogP contribution in [-0.4, -0.2) is 22.9 Å². The van der Waals surface area contributed by atoms with Gasteiger partial charge in [-0.1, -0.05) is 46.0 Å².